The van der Waals surface area contributed by atoms with Crippen molar-refractivity contribution in [1.29, 1.82) is 0 Å². The second kappa shape index (κ2) is 5.78. The van der Waals surface area contributed by atoms with Gasteiger partial charge in [0.05, 0.1) is 5.60 Å². The van der Waals surface area contributed by atoms with Crippen molar-refractivity contribution in [2.75, 3.05) is 23.8 Å². The summed E-state index contributed by atoms with van der Waals surface area (Å²) < 4.78 is 6.06. The molecule has 2 heterocycles. The number of rotatable bonds is 2. The first-order chi connectivity index (χ1) is 9.69. The Kier molecular flexibility index (Phi) is 4.03. The molecule has 3 rings (SSSR count). The van der Waals surface area contributed by atoms with E-state index in [0.717, 1.165) is 49.4 Å². The summed E-state index contributed by atoms with van der Waals surface area (Å²) in [6.45, 7) is 0.718. The number of hydrogen-bond donors (Lipinski definition) is 1. The third kappa shape index (κ3) is 2.86. The van der Waals surface area contributed by atoms with E-state index in [1.54, 1.807) is 12.1 Å². The number of hydrogen-bond acceptors (Lipinski definition) is 4. The van der Waals surface area contributed by atoms with E-state index >= 15 is 0 Å². The average molecular weight is 291 g/mol. The number of benzene rings is 1. The lowest BCUT2D eigenvalue weighted by molar-refractivity contribution is -0.0959. The molecule has 2 aliphatic heterocycles. The van der Waals surface area contributed by atoms with E-state index in [0.29, 0.717) is 5.69 Å². The summed E-state index contributed by atoms with van der Waals surface area (Å²) in [5.41, 5.74) is 7.14. The fourth-order valence-corrected chi connectivity index (χ4v) is 4.46. The Morgan fingerprint density at radius 1 is 1.25 bits per heavy atom. The molecule has 0 amide bonds. The number of nitrogens with two attached hydrogens (primary N) is 1. The second-order valence-corrected chi connectivity index (χ2v) is 7.04. The number of nitrogen functional groups attached to an aromatic ring is 1. The minimum atomic E-state index is -0.0301. The standard InChI is InChI=1S/C16H21NO2S/c17-14-3-1-12(2-4-14)15(18)13-5-8-19-16(11-13)6-9-20-10-7-16/h1-4,13H,5-11,17H2. The van der Waals surface area contributed by atoms with Crippen LogP contribution in [0.5, 0.6) is 0 Å². The van der Waals surface area contributed by atoms with Crippen LogP contribution in [0.25, 0.3) is 0 Å². The number of anilines is 1. The van der Waals surface area contributed by atoms with E-state index in [-0.39, 0.29) is 17.3 Å². The van der Waals surface area contributed by atoms with Crippen LogP contribution in [-0.4, -0.2) is 29.5 Å². The van der Waals surface area contributed by atoms with Gasteiger partial charge >= 0.3 is 0 Å². The Balaban J connectivity index is 1.73. The summed E-state index contributed by atoms with van der Waals surface area (Å²) in [6, 6.07) is 7.30. The van der Waals surface area contributed by atoms with Crippen LogP contribution in [0.15, 0.2) is 24.3 Å². The maximum Gasteiger partial charge on any atom is 0.166 e. The second-order valence-electron chi connectivity index (χ2n) is 5.82. The number of carbonyl (C=O) groups excluding carboxylic acids is 1. The van der Waals surface area contributed by atoms with Gasteiger partial charge in [-0.1, -0.05) is 0 Å². The van der Waals surface area contributed by atoms with Gasteiger partial charge in [-0.3, -0.25) is 4.79 Å². The van der Waals surface area contributed by atoms with Gasteiger partial charge in [-0.25, -0.2) is 0 Å². The average Bonchev–Trinajstić information content (AvgIpc) is 2.48. The molecule has 0 aliphatic carbocycles. The highest BCUT2D eigenvalue weighted by atomic mass is 32.2. The zero-order chi connectivity index (χ0) is 14.0. The molecule has 2 aliphatic rings. The minimum absolute atomic E-state index is 0.0301. The molecule has 1 aromatic rings. The lowest BCUT2D eigenvalue weighted by Gasteiger charge is -2.42. The quantitative estimate of drug-likeness (QED) is 0.672. The van der Waals surface area contributed by atoms with Crippen molar-refractivity contribution in [3.63, 3.8) is 0 Å². The van der Waals surface area contributed by atoms with Crippen molar-refractivity contribution < 1.29 is 9.53 Å². The molecule has 0 bridgehead atoms. The molecule has 20 heavy (non-hydrogen) atoms. The van der Waals surface area contributed by atoms with Crippen LogP contribution in [0.3, 0.4) is 0 Å². The zero-order valence-corrected chi connectivity index (χ0v) is 12.5. The monoisotopic (exact) mass is 291 g/mol. The summed E-state index contributed by atoms with van der Waals surface area (Å²) in [6.07, 6.45) is 3.90. The molecule has 2 saturated heterocycles. The van der Waals surface area contributed by atoms with Crippen molar-refractivity contribution in [2.45, 2.75) is 31.3 Å². The van der Waals surface area contributed by atoms with Gasteiger partial charge in [-0.15, -0.1) is 0 Å². The molecular formula is C16H21NO2S. The summed E-state index contributed by atoms with van der Waals surface area (Å²) >= 11 is 1.99. The van der Waals surface area contributed by atoms with Crippen molar-refractivity contribution in [2.24, 2.45) is 5.92 Å². The number of carbonyl (C=O) groups is 1. The highest BCUT2D eigenvalue weighted by molar-refractivity contribution is 7.99. The van der Waals surface area contributed by atoms with Gasteiger partial charge in [-0.2, -0.15) is 11.8 Å². The van der Waals surface area contributed by atoms with Crippen molar-refractivity contribution in [3.8, 4) is 0 Å². The number of ketones is 1. The Hall–Kier alpha value is -1.00. The van der Waals surface area contributed by atoms with Crippen molar-refractivity contribution in [1.82, 2.24) is 0 Å². The zero-order valence-electron chi connectivity index (χ0n) is 11.6. The maximum atomic E-state index is 12.6. The van der Waals surface area contributed by atoms with Gasteiger partial charge in [-0.05, 0) is 61.5 Å². The first-order valence-corrected chi connectivity index (χ1v) is 8.45. The summed E-state index contributed by atoms with van der Waals surface area (Å²) in [5.74, 6) is 2.67. The van der Waals surface area contributed by atoms with Crippen LogP contribution in [0.4, 0.5) is 5.69 Å². The molecule has 1 unspecified atom stereocenters. The van der Waals surface area contributed by atoms with Gasteiger partial charge in [0.2, 0.25) is 0 Å². The molecule has 2 fully saturated rings. The maximum absolute atomic E-state index is 12.6. The third-order valence-electron chi connectivity index (χ3n) is 4.46. The molecule has 1 atom stereocenters. The Labute approximate surface area is 124 Å². The van der Waals surface area contributed by atoms with Gasteiger partial charge in [0.1, 0.15) is 0 Å². The number of Topliss-reactive ketones (excluding diaryl/α,β-unsaturated/α-hetero) is 1. The summed E-state index contributed by atoms with van der Waals surface area (Å²) in [4.78, 5) is 12.6. The van der Waals surface area contributed by atoms with Gasteiger partial charge in [0, 0.05) is 23.8 Å². The van der Waals surface area contributed by atoms with Crippen LogP contribution < -0.4 is 5.73 Å². The van der Waals surface area contributed by atoms with Crippen molar-refractivity contribution in [3.05, 3.63) is 29.8 Å². The molecule has 3 nitrogen and oxygen atoms in total. The van der Waals surface area contributed by atoms with Crippen molar-refractivity contribution >= 4 is 23.2 Å². The Morgan fingerprint density at radius 3 is 2.65 bits per heavy atom. The molecule has 1 aromatic carbocycles. The van der Waals surface area contributed by atoms with Crippen LogP contribution >= 0.6 is 11.8 Å². The van der Waals surface area contributed by atoms with Crippen LogP contribution in [0.1, 0.15) is 36.0 Å². The molecule has 2 N–H and O–H groups in total. The lowest BCUT2D eigenvalue weighted by atomic mass is 9.79. The molecule has 0 aromatic heterocycles. The van der Waals surface area contributed by atoms with E-state index in [4.69, 9.17) is 10.5 Å². The van der Waals surface area contributed by atoms with E-state index in [1.807, 2.05) is 23.9 Å². The Morgan fingerprint density at radius 2 is 1.95 bits per heavy atom. The van der Waals surface area contributed by atoms with E-state index < -0.39 is 0 Å². The molecule has 4 heteroatoms. The SMILES string of the molecule is Nc1ccc(C(=O)C2CCOC3(CCSCC3)C2)cc1. The highest BCUT2D eigenvalue weighted by Gasteiger charge is 2.40. The highest BCUT2D eigenvalue weighted by Crippen LogP contribution is 2.40. The molecule has 0 radical (unpaired) electrons. The first-order valence-electron chi connectivity index (χ1n) is 7.30. The molecule has 0 saturated carbocycles. The summed E-state index contributed by atoms with van der Waals surface area (Å²) in [7, 11) is 0. The topological polar surface area (TPSA) is 52.3 Å². The Bertz CT molecular complexity index is 474. The molecule has 1 spiro atoms. The lowest BCUT2D eigenvalue weighted by Crippen LogP contribution is -2.44. The number of thioether (sulfide) groups is 1. The summed E-state index contributed by atoms with van der Waals surface area (Å²) in [5, 5.41) is 0. The first kappa shape index (κ1) is 14.0. The van der Waals surface area contributed by atoms with Gasteiger partial charge in [0.25, 0.3) is 0 Å². The minimum Gasteiger partial charge on any atom is -0.399 e. The van der Waals surface area contributed by atoms with E-state index in [2.05, 4.69) is 0 Å². The van der Waals surface area contributed by atoms with Crippen LogP contribution in [0, 0.1) is 5.92 Å². The predicted octanol–water partition coefficient (Wildman–Crippen LogP) is 3.14. The van der Waals surface area contributed by atoms with E-state index in [9.17, 15) is 4.79 Å². The largest absolute Gasteiger partial charge is 0.399 e. The fraction of sp³-hybridized carbons (Fsp3) is 0.562. The number of ether oxygens (including phenoxy) is 1. The molecular weight excluding hydrogens is 270 g/mol. The van der Waals surface area contributed by atoms with Crippen LogP contribution in [0.2, 0.25) is 0 Å². The van der Waals surface area contributed by atoms with E-state index in [1.165, 1.54) is 0 Å². The third-order valence-corrected chi connectivity index (χ3v) is 5.45. The predicted molar refractivity (Wildman–Crippen MR) is 83.2 cm³/mol. The smallest absolute Gasteiger partial charge is 0.166 e. The normalized spacial score (nSPS) is 25.5. The van der Waals surface area contributed by atoms with Gasteiger partial charge in [0.15, 0.2) is 5.78 Å². The fourth-order valence-electron chi connectivity index (χ4n) is 3.23. The molecule has 108 valence electrons. The van der Waals surface area contributed by atoms with Crippen LogP contribution in [-0.2, 0) is 4.74 Å². The van der Waals surface area contributed by atoms with Gasteiger partial charge < -0.3 is 10.5 Å².